The van der Waals surface area contributed by atoms with Gasteiger partial charge in [0, 0.05) is 5.56 Å². The lowest BCUT2D eigenvalue weighted by molar-refractivity contribution is -0.164. The van der Waals surface area contributed by atoms with Crippen LogP contribution in [0.4, 0.5) is 0 Å². The summed E-state index contributed by atoms with van der Waals surface area (Å²) >= 11 is 1.25. The van der Waals surface area contributed by atoms with E-state index in [1.54, 1.807) is 34.8 Å². The number of para-hydroxylation sites is 1. The van der Waals surface area contributed by atoms with Gasteiger partial charge >= 0.3 is 11.7 Å². The molecule has 12 heteroatoms. The summed E-state index contributed by atoms with van der Waals surface area (Å²) in [4.78, 5) is 47.6. The third-order valence-electron chi connectivity index (χ3n) is 7.77. The number of nitrogens with zero attached hydrogens (tertiary/aromatic N) is 3. The summed E-state index contributed by atoms with van der Waals surface area (Å²) in [5, 5.41) is 3.66. The van der Waals surface area contributed by atoms with Gasteiger partial charge in [-0.15, -0.1) is 11.3 Å². The van der Waals surface area contributed by atoms with Gasteiger partial charge in [-0.05, 0) is 79.1 Å². The number of thiophene rings is 1. The summed E-state index contributed by atoms with van der Waals surface area (Å²) in [5.41, 5.74) is -2.30. The Morgan fingerprint density at radius 3 is 2.50 bits per heavy atom. The van der Waals surface area contributed by atoms with Crippen LogP contribution in [0, 0.1) is 6.92 Å². The number of aryl methyl sites for hydroxylation is 1. The van der Waals surface area contributed by atoms with E-state index >= 15 is 0 Å². The zero-order chi connectivity index (χ0) is 31.8. The molecular weight excluding hydrogens is 584 g/mol. The molecule has 5 rings (SSSR count). The number of hydrogen-bond acceptors (Lipinski definition) is 10. The highest BCUT2D eigenvalue weighted by Crippen LogP contribution is 2.38. The molecule has 236 valence electrons. The Morgan fingerprint density at radius 1 is 1.16 bits per heavy atom. The quantitative estimate of drug-likeness (QED) is 0.262. The van der Waals surface area contributed by atoms with Crippen LogP contribution in [0.25, 0.3) is 21.0 Å². The first kappa shape index (κ1) is 31.7. The maximum absolute atomic E-state index is 14.5. The van der Waals surface area contributed by atoms with Crippen LogP contribution in [0.2, 0.25) is 0 Å². The van der Waals surface area contributed by atoms with Gasteiger partial charge in [0.1, 0.15) is 34.1 Å². The molecule has 44 heavy (non-hydrogen) atoms. The van der Waals surface area contributed by atoms with Crippen molar-refractivity contribution in [3.63, 3.8) is 0 Å². The van der Waals surface area contributed by atoms with Crippen molar-refractivity contribution in [2.24, 2.45) is 0 Å². The van der Waals surface area contributed by atoms with Gasteiger partial charge < -0.3 is 23.9 Å². The van der Waals surface area contributed by atoms with Crippen LogP contribution >= 0.6 is 11.3 Å². The van der Waals surface area contributed by atoms with Gasteiger partial charge in [-0.3, -0.25) is 9.36 Å². The van der Waals surface area contributed by atoms with Crippen LogP contribution in [0.5, 0.6) is 5.75 Å². The Hall–Kier alpha value is -3.74. The largest absolute Gasteiger partial charge is 0.496 e. The Morgan fingerprint density at radius 2 is 1.86 bits per heavy atom. The highest BCUT2D eigenvalue weighted by Gasteiger charge is 2.39. The molecule has 11 nitrogen and oxygen atoms in total. The highest BCUT2D eigenvalue weighted by molar-refractivity contribution is 7.22. The second-order valence-electron chi connectivity index (χ2n) is 12.5. The summed E-state index contributed by atoms with van der Waals surface area (Å²) < 4.78 is 26.2. The number of methoxy groups -OCH3 is 1. The highest BCUT2D eigenvalue weighted by atomic mass is 32.1. The van der Waals surface area contributed by atoms with Crippen molar-refractivity contribution in [2.45, 2.75) is 84.3 Å². The molecule has 0 saturated carbocycles. The molecule has 1 saturated heterocycles. The zero-order valence-corrected chi connectivity index (χ0v) is 27.1. The van der Waals surface area contributed by atoms with E-state index in [9.17, 15) is 14.4 Å². The van der Waals surface area contributed by atoms with Crippen LogP contribution in [0.15, 0.2) is 50.7 Å². The normalized spacial score (nSPS) is 15.4. The average molecular weight is 625 g/mol. The number of hydrogen-bond donors (Lipinski definition) is 1. The molecule has 3 aromatic heterocycles. The summed E-state index contributed by atoms with van der Waals surface area (Å²) in [6.45, 7) is 11.8. The first-order valence-corrected chi connectivity index (χ1v) is 15.6. The van der Waals surface area contributed by atoms with Crippen molar-refractivity contribution in [2.75, 3.05) is 20.2 Å². The number of nitrogens with one attached hydrogen (secondary N) is 1. The van der Waals surface area contributed by atoms with Crippen molar-refractivity contribution < 1.29 is 23.4 Å². The average Bonchev–Trinajstić information content (AvgIpc) is 3.62. The number of carbonyl (C=O) groups excluding carboxylic acids is 1. The number of carbonyl (C=O) groups is 1. The molecule has 1 fully saturated rings. The fraction of sp³-hybridized carbons (Fsp3) is 0.500. The number of rotatable bonds is 9. The van der Waals surface area contributed by atoms with E-state index in [-0.39, 0.29) is 12.6 Å². The molecule has 0 bridgehead atoms. The van der Waals surface area contributed by atoms with Crippen molar-refractivity contribution in [1.82, 2.24) is 19.4 Å². The number of piperidine rings is 1. The van der Waals surface area contributed by atoms with E-state index < -0.39 is 34.5 Å². The van der Waals surface area contributed by atoms with E-state index in [1.165, 1.54) is 42.2 Å². The number of ether oxygens (including phenoxy) is 3. The lowest BCUT2D eigenvalue weighted by Crippen LogP contribution is -2.54. The van der Waals surface area contributed by atoms with E-state index in [2.05, 4.69) is 10.3 Å². The molecule has 1 unspecified atom stereocenters. The molecule has 1 aromatic carbocycles. The number of benzene rings is 1. The van der Waals surface area contributed by atoms with E-state index in [0.717, 1.165) is 36.1 Å². The maximum Gasteiger partial charge on any atom is 0.333 e. The second kappa shape index (κ2) is 12.3. The molecule has 0 radical (unpaired) electrons. The molecule has 4 aromatic rings. The zero-order valence-electron chi connectivity index (χ0n) is 26.3. The van der Waals surface area contributed by atoms with E-state index in [4.69, 9.17) is 18.6 Å². The van der Waals surface area contributed by atoms with Crippen LogP contribution in [-0.2, 0) is 26.4 Å². The number of fused-ring (bicyclic) bond motifs is 1. The lowest BCUT2D eigenvalue weighted by Gasteiger charge is -2.31. The van der Waals surface area contributed by atoms with Crippen LogP contribution in [0.3, 0.4) is 0 Å². The molecular formula is C32H40N4O7S. The molecule has 4 heterocycles. The van der Waals surface area contributed by atoms with Gasteiger partial charge in [-0.2, -0.15) is 0 Å². The minimum absolute atomic E-state index is 0.0468. The molecule has 1 aliphatic rings. The minimum Gasteiger partial charge on any atom is -0.496 e. The Balaban J connectivity index is 1.75. The Bertz CT molecular complexity index is 1760. The summed E-state index contributed by atoms with van der Waals surface area (Å²) in [6, 6.07) is 7.56. The second-order valence-corrected chi connectivity index (χ2v) is 13.5. The summed E-state index contributed by atoms with van der Waals surface area (Å²) in [5.74, 6) is 0.274. The number of aromatic nitrogens is 3. The number of esters is 1. The Kier molecular flexibility index (Phi) is 8.88. The molecule has 1 atom stereocenters. The van der Waals surface area contributed by atoms with Gasteiger partial charge in [0.25, 0.3) is 5.56 Å². The molecule has 1 aliphatic heterocycles. The maximum atomic E-state index is 14.5. The molecule has 0 amide bonds. The number of oxazole rings is 1. The van der Waals surface area contributed by atoms with Crippen LogP contribution < -0.4 is 21.3 Å². The topological polar surface area (TPSA) is 127 Å². The fourth-order valence-corrected chi connectivity index (χ4v) is 6.75. The van der Waals surface area contributed by atoms with Crippen molar-refractivity contribution >= 4 is 27.5 Å². The first-order chi connectivity index (χ1) is 20.8. The predicted molar refractivity (Wildman–Crippen MR) is 168 cm³/mol. The standard InChI is InChI=1S/C32H40N4O7S/c1-19-24-27(37)36(32(5,6)29(38)43-31(2,3)4)30(39)35(28(24)44-25(19)26-34-16-17-41-26)18-23(42-20-12-14-33-15-13-20)21-10-8-9-11-22(21)40-7/h8-11,16-17,20,23,33H,12-15,18H2,1-7H3. The summed E-state index contributed by atoms with van der Waals surface area (Å²) in [7, 11) is 1.60. The van der Waals surface area contributed by atoms with Crippen LogP contribution in [-0.4, -0.2) is 52.0 Å². The van der Waals surface area contributed by atoms with Gasteiger partial charge in [0.2, 0.25) is 5.89 Å². The smallest absolute Gasteiger partial charge is 0.333 e. The molecule has 0 spiro atoms. The third-order valence-corrected chi connectivity index (χ3v) is 9.08. The van der Waals surface area contributed by atoms with Gasteiger partial charge in [0.15, 0.2) is 0 Å². The SMILES string of the molecule is COc1ccccc1C(Cn1c(=O)n(C(C)(C)C(=O)OC(C)(C)C)c(=O)c2c(C)c(-c3ncco3)sc21)OC1CCNCC1. The van der Waals surface area contributed by atoms with E-state index in [0.29, 0.717) is 32.3 Å². The van der Waals surface area contributed by atoms with E-state index in [1.807, 2.05) is 24.3 Å². The molecule has 1 N–H and O–H groups in total. The predicted octanol–water partition coefficient (Wildman–Crippen LogP) is 4.78. The minimum atomic E-state index is -1.62. The van der Waals surface area contributed by atoms with Crippen molar-refractivity contribution in [3.8, 4) is 16.5 Å². The van der Waals surface area contributed by atoms with Gasteiger partial charge in [-0.25, -0.2) is 19.1 Å². The monoisotopic (exact) mass is 624 g/mol. The van der Waals surface area contributed by atoms with Crippen molar-refractivity contribution in [1.29, 1.82) is 0 Å². The van der Waals surface area contributed by atoms with Gasteiger partial charge in [0.05, 0.1) is 36.2 Å². The first-order valence-electron chi connectivity index (χ1n) is 14.7. The molecule has 0 aliphatic carbocycles. The third kappa shape index (κ3) is 6.11. The fourth-order valence-electron chi connectivity index (χ4n) is 5.51. The van der Waals surface area contributed by atoms with Crippen molar-refractivity contribution in [3.05, 3.63) is 68.7 Å². The lowest BCUT2D eigenvalue weighted by atomic mass is 10.0. The summed E-state index contributed by atoms with van der Waals surface area (Å²) in [6.07, 6.45) is 3.97. The van der Waals surface area contributed by atoms with Gasteiger partial charge in [-0.1, -0.05) is 18.2 Å². The van der Waals surface area contributed by atoms with Crippen LogP contribution in [0.1, 0.15) is 64.7 Å². The Labute approximate surface area is 259 Å².